The number of fused-ring (bicyclic) bond motifs is 1. The first-order valence-corrected chi connectivity index (χ1v) is 9.24. The van der Waals surface area contributed by atoms with Crippen LogP contribution in [0.3, 0.4) is 0 Å². The van der Waals surface area contributed by atoms with E-state index in [0.29, 0.717) is 48.0 Å². The number of carbonyl (C=O) groups is 2. The van der Waals surface area contributed by atoms with Crippen molar-refractivity contribution in [2.75, 3.05) is 37.6 Å². The number of nitrogens with one attached hydrogen (secondary N) is 1. The number of nitrogens with zero attached hydrogens (tertiary/aromatic N) is 1. The Morgan fingerprint density at radius 1 is 1.21 bits per heavy atom. The predicted molar refractivity (Wildman–Crippen MR) is 111 cm³/mol. The molecule has 3 rings (SSSR count). The molecular weight excluding hydrogens is 372 g/mol. The second kappa shape index (κ2) is 9.14. The first kappa shape index (κ1) is 20.3. The number of aryl methyl sites for hydroxylation is 1. The summed E-state index contributed by atoms with van der Waals surface area (Å²) in [5.74, 6) is 1.61. The van der Waals surface area contributed by atoms with Gasteiger partial charge in [-0.15, -0.1) is 6.58 Å². The number of rotatable bonds is 8. The van der Waals surface area contributed by atoms with Crippen molar-refractivity contribution >= 4 is 23.2 Å². The van der Waals surface area contributed by atoms with Crippen molar-refractivity contribution in [3.63, 3.8) is 0 Å². The molecule has 1 aliphatic rings. The predicted octanol–water partition coefficient (Wildman–Crippen LogP) is 3.19. The number of carbonyl (C=O) groups excluding carboxylic acids is 2. The van der Waals surface area contributed by atoms with Gasteiger partial charge in [-0.05, 0) is 36.2 Å². The lowest BCUT2D eigenvalue weighted by atomic mass is 10.1. The van der Waals surface area contributed by atoms with Crippen LogP contribution in [-0.2, 0) is 16.0 Å². The van der Waals surface area contributed by atoms with Gasteiger partial charge < -0.3 is 24.4 Å². The van der Waals surface area contributed by atoms with Gasteiger partial charge in [0, 0.05) is 24.7 Å². The lowest BCUT2D eigenvalue weighted by Crippen LogP contribution is -2.38. The average Bonchev–Trinajstić information content (AvgIpc) is 2.74. The van der Waals surface area contributed by atoms with Crippen LogP contribution in [-0.4, -0.2) is 39.2 Å². The number of ether oxygens (including phenoxy) is 3. The molecule has 0 unspecified atom stereocenters. The molecule has 0 spiro atoms. The maximum absolute atomic E-state index is 12.4. The Balaban J connectivity index is 1.63. The molecule has 1 N–H and O–H groups in total. The fraction of sp³-hybridized carbons (Fsp3) is 0.273. The Labute approximate surface area is 169 Å². The molecule has 0 aromatic heterocycles. The third-order valence-corrected chi connectivity index (χ3v) is 4.59. The van der Waals surface area contributed by atoms with E-state index in [-0.39, 0.29) is 18.4 Å². The molecule has 7 heteroatoms. The van der Waals surface area contributed by atoms with Gasteiger partial charge in [0.1, 0.15) is 5.75 Å². The highest BCUT2D eigenvalue weighted by molar-refractivity contribution is 5.99. The van der Waals surface area contributed by atoms with Gasteiger partial charge in [-0.25, -0.2) is 0 Å². The summed E-state index contributed by atoms with van der Waals surface area (Å²) in [6.45, 7) is 4.06. The molecular formula is C22H24N2O5. The van der Waals surface area contributed by atoms with E-state index in [0.717, 1.165) is 5.56 Å². The van der Waals surface area contributed by atoms with Gasteiger partial charge in [-0.2, -0.15) is 0 Å². The van der Waals surface area contributed by atoms with Gasteiger partial charge in [0.15, 0.2) is 18.1 Å². The van der Waals surface area contributed by atoms with E-state index in [2.05, 4.69) is 11.9 Å². The molecule has 0 bridgehead atoms. The van der Waals surface area contributed by atoms with Gasteiger partial charge in [-0.3, -0.25) is 9.59 Å². The molecule has 0 fully saturated rings. The van der Waals surface area contributed by atoms with E-state index in [1.54, 1.807) is 43.4 Å². The summed E-state index contributed by atoms with van der Waals surface area (Å²) in [6.07, 6.45) is 2.54. The van der Waals surface area contributed by atoms with Crippen molar-refractivity contribution < 1.29 is 23.8 Å². The molecule has 0 atom stereocenters. The van der Waals surface area contributed by atoms with Crippen LogP contribution in [0.1, 0.15) is 12.0 Å². The van der Waals surface area contributed by atoms with Crippen LogP contribution in [0.5, 0.6) is 17.2 Å². The number of benzene rings is 2. The van der Waals surface area contributed by atoms with Gasteiger partial charge in [0.05, 0.1) is 19.9 Å². The second-order valence-corrected chi connectivity index (χ2v) is 6.50. The molecule has 0 saturated carbocycles. The fourth-order valence-electron chi connectivity index (χ4n) is 3.13. The second-order valence-electron chi connectivity index (χ2n) is 6.50. The topological polar surface area (TPSA) is 77.1 Å². The van der Waals surface area contributed by atoms with Crippen LogP contribution >= 0.6 is 0 Å². The Hall–Kier alpha value is -3.48. The molecule has 0 saturated heterocycles. The highest BCUT2D eigenvalue weighted by Crippen LogP contribution is 2.34. The normalized spacial score (nSPS) is 12.6. The smallest absolute Gasteiger partial charge is 0.265 e. The monoisotopic (exact) mass is 396 g/mol. The summed E-state index contributed by atoms with van der Waals surface area (Å²) in [7, 11) is 3.16. The SMILES string of the molecule is C=CCN1C(=O)COc2cc(NC(=O)CCc3ccc(OC)c(OC)c3)ccc21. The van der Waals surface area contributed by atoms with E-state index >= 15 is 0 Å². The number of hydrogen-bond donors (Lipinski definition) is 1. The molecule has 29 heavy (non-hydrogen) atoms. The first-order chi connectivity index (χ1) is 14.0. The third-order valence-electron chi connectivity index (χ3n) is 4.59. The van der Waals surface area contributed by atoms with Crippen LogP contribution in [0.4, 0.5) is 11.4 Å². The Bertz CT molecular complexity index is 925. The summed E-state index contributed by atoms with van der Waals surface area (Å²) < 4.78 is 16.0. The molecule has 1 heterocycles. The van der Waals surface area contributed by atoms with Gasteiger partial charge in [0.25, 0.3) is 5.91 Å². The zero-order valence-corrected chi connectivity index (χ0v) is 16.6. The third kappa shape index (κ3) is 4.68. The number of anilines is 2. The van der Waals surface area contributed by atoms with E-state index < -0.39 is 0 Å². The minimum atomic E-state index is -0.121. The maximum Gasteiger partial charge on any atom is 0.265 e. The van der Waals surface area contributed by atoms with E-state index in [1.807, 2.05) is 18.2 Å². The summed E-state index contributed by atoms with van der Waals surface area (Å²) in [5.41, 5.74) is 2.27. The van der Waals surface area contributed by atoms with Crippen LogP contribution in [0.25, 0.3) is 0 Å². The Kier molecular flexibility index (Phi) is 6.39. The molecule has 2 amide bonds. The highest BCUT2D eigenvalue weighted by atomic mass is 16.5. The Morgan fingerprint density at radius 3 is 2.72 bits per heavy atom. The zero-order chi connectivity index (χ0) is 20.8. The number of amides is 2. The van der Waals surface area contributed by atoms with Gasteiger partial charge in [-0.1, -0.05) is 12.1 Å². The summed E-state index contributed by atoms with van der Waals surface area (Å²) in [6, 6.07) is 10.8. The van der Waals surface area contributed by atoms with Gasteiger partial charge in [0.2, 0.25) is 5.91 Å². The maximum atomic E-state index is 12.4. The van der Waals surface area contributed by atoms with Crippen LogP contribution in [0.2, 0.25) is 0 Å². The Morgan fingerprint density at radius 2 is 2.00 bits per heavy atom. The highest BCUT2D eigenvalue weighted by Gasteiger charge is 2.24. The molecule has 2 aromatic rings. The van der Waals surface area contributed by atoms with Crippen LogP contribution < -0.4 is 24.4 Å². The standard InChI is InChI=1S/C22H24N2O5/c1-4-11-24-17-8-7-16(13-19(17)29-14-22(24)26)23-21(25)10-6-15-5-9-18(27-2)20(12-15)28-3/h4-5,7-9,12-13H,1,6,10-11,14H2,2-3H3,(H,23,25). The quantitative estimate of drug-likeness (QED) is 0.694. The molecule has 2 aromatic carbocycles. The molecule has 0 radical (unpaired) electrons. The first-order valence-electron chi connectivity index (χ1n) is 9.24. The zero-order valence-electron chi connectivity index (χ0n) is 16.6. The van der Waals surface area contributed by atoms with E-state index in [4.69, 9.17) is 14.2 Å². The fourth-order valence-corrected chi connectivity index (χ4v) is 3.13. The van der Waals surface area contributed by atoms with Crippen molar-refractivity contribution in [2.45, 2.75) is 12.8 Å². The molecule has 7 nitrogen and oxygen atoms in total. The molecule has 1 aliphatic heterocycles. The summed E-state index contributed by atoms with van der Waals surface area (Å²) in [5, 5.41) is 2.87. The van der Waals surface area contributed by atoms with Crippen molar-refractivity contribution in [2.24, 2.45) is 0 Å². The minimum absolute atomic E-state index is 0.0302. The average molecular weight is 396 g/mol. The lowest BCUT2D eigenvalue weighted by Gasteiger charge is -2.28. The summed E-state index contributed by atoms with van der Waals surface area (Å²) >= 11 is 0. The van der Waals surface area contributed by atoms with E-state index in [9.17, 15) is 9.59 Å². The molecule has 0 aliphatic carbocycles. The van der Waals surface area contributed by atoms with Crippen LogP contribution in [0, 0.1) is 0 Å². The number of methoxy groups -OCH3 is 2. The van der Waals surface area contributed by atoms with Crippen molar-refractivity contribution in [3.8, 4) is 17.2 Å². The molecule has 152 valence electrons. The van der Waals surface area contributed by atoms with Crippen molar-refractivity contribution in [1.29, 1.82) is 0 Å². The van der Waals surface area contributed by atoms with Crippen LogP contribution in [0.15, 0.2) is 49.1 Å². The van der Waals surface area contributed by atoms with Crippen molar-refractivity contribution in [3.05, 3.63) is 54.6 Å². The minimum Gasteiger partial charge on any atom is -0.493 e. The number of hydrogen-bond acceptors (Lipinski definition) is 5. The lowest BCUT2D eigenvalue weighted by molar-refractivity contribution is -0.121. The van der Waals surface area contributed by atoms with Crippen molar-refractivity contribution in [1.82, 2.24) is 0 Å². The largest absolute Gasteiger partial charge is 0.493 e. The van der Waals surface area contributed by atoms with E-state index in [1.165, 1.54) is 0 Å². The van der Waals surface area contributed by atoms with Gasteiger partial charge >= 0.3 is 0 Å². The summed E-state index contributed by atoms with van der Waals surface area (Å²) in [4.78, 5) is 26.0.